The standard InChI is InChI=1S/C5H5N.F2/c1-2-4-6-5-3-1;1-2/h1-5H;. The first-order valence-electron chi connectivity index (χ1n) is 1.99. The van der Waals surface area contributed by atoms with Crippen molar-refractivity contribution in [3.63, 3.8) is 0 Å². The second-order valence-corrected chi connectivity index (χ2v) is 1.02. The topological polar surface area (TPSA) is 12.9 Å². The second kappa shape index (κ2) is 6.01. The first-order chi connectivity index (χ1) is 4.00. The lowest BCUT2D eigenvalue weighted by Crippen LogP contribution is -1.58. The maximum Gasteiger partial charge on any atom is 0.0267 e. The normalized spacial score (nSPS) is 6.75. The third-order valence-corrected chi connectivity index (χ3v) is 0.566. The van der Waals surface area contributed by atoms with Crippen molar-refractivity contribution in [1.29, 1.82) is 0 Å². The highest BCUT2D eigenvalue weighted by atomic mass is 20.0. The Labute approximate surface area is 45.8 Å². The molecule has 0 saturated heterocycles. The van der Waals surface area contributed by atoms with Gasteiger partial charge >= 0.3 is 0 Å². The third-order valence-electron chi connectivity index (χ3n) is 0.566. The number of hydrogen-bond donors (Lipinski definition) is 0. The fourth-order valence-corrected chi connectivity index (χ4v) is 0.313. The van der Waals surface area contributed by atoms with Gasteiger partial charge in [-0.05, 0) is 12.1 Å². The van der Waals surface area contributed by atoms with Crippen molar-refractivity contribution in [1.82, 2.24) is 4.98 Å². The van der Waals surface area contributed by atoms with E-state index in [2.05, 4.69) is 4.98 Å². The van der Waals surface area contributed by atoms with Gasteiger partial charge in [0.15, 0.2) is 0 Å². The molecule has 0 N–H and O–H groups in total. The van der Waals surface area contributed by atoms with Gasteiger partial charge in [0.1, 0.15) is 0 Å². The van der Waals surface area contributed by atoms with Gasteiger partial charge in [-0.2, -0.15) is 0 Å². The lowest BCUT2D eigenvalue weighted by molar-refractivity contribution is 0.108. The summed E-state index contributed by atoms with van der Waals surface area (Å²) in [4.78, 5) is 3.78. The average Bonchev–Trinajstić information content (AvgIpc) is 1.96. The Morgan fingerprint density at radius 2 is 1.38 bits per heavy atom. The number of rotatable bonds is 0. The number of aromatic nitrogens is 1. The SMILES string of the molecule is FF.c1ccncc1. The van der Waals surface area contributed by atoms with Gasteiger partial charge in [-0.1, -0.05) is 6.07 Å². The minimum absolute atomic E-state index is 1.75. The molecule has 1 nitrogen and oxygen atoms in total. The molecule has 0 amide bonds. The molecule has 0 aliphatic heterocycles. The van der Waals surface area contributed by atoms with Gasteiger partial charge in [-0.15, -0.1) is 0 Å². The van der Waals surface area contributed by atoms with Crippen molar-refractivity contribution < 1.29 is 9.15 Å². The molecule has 0 saturated carbocycles. The Hall–Kier alpha value is -0.990. The Bertz CT molecular complexity index is 82.4. The fraction of sp³-hybridized carbons (Fsp3) is 0. The van der Waals surface area contributed by atoms with Gasteiger partial charge in [-0.25, -0.2) is 0 Å². The number of nitrogens with zero attached hydrogens (tertiary/aromatic N) is 1. The molecule has 1 aromatic heterocycles. The van der Waals surface area contributed by atoms with Crippen LogP contribution in [0.1, 0.15) is 0 Å². The van der Waals surface area contributed by atoms with Crippen LogP contribution in [0.25, 0.3) is 0 Å². The monoisotopic (exact) mass is 117 g/mol. The molecule has 0 spiro atoms. The van der Waals surface area contributed by atoms with Gasteiger partial charge in [-0.3, -0.25) is 4.98 Å². The first kappa shape index (κ1) is 7.01. The molecule has 0 bridgehead atoms. The molecule has 3 heteroatoms. The van der Waals surface area contributed by atoms with Gasteiger partial charge < -0.3 is 0 Å². The first-order valence-corrected chi connectivity index (χ1v) is 1.99. The zero-order chi connectivity index (χ0) is 6.24. The van der Waals surface area contributed by atoms with Crippen molar-refractivity contribution in [2.45, 2.75) is 0 Å². The van der Waals surface area contributed by atoms with Crippen LogP contribution in [0.15, 0.2) is 30.6 Å². The maximum atomic E-state index is 8.00. The van der Waals surface area contributed by atoms with Crippen LogP contribution in [-0.4, -0.2) is 4.98 Å². The predicted octanol–water partition coefficient (Wildman–Crippen LogP) is 1.92. The van der Waals surface area contributed by atoms with Crippen LogP contribution >= 0.6 is 0 Å². The zero-order valence-corrected chi connectivity index (χ0v) is 4.09. The maximum absolute atomic E-state index is 8.00. The molecule has 1 rings (SSSR count). The van der Waals surface area contributed by atoms with Gasteiger partial charge in [0.25, 0.3) is 0 Å². The van der Waals surface area contributed by atoms with E-state index in [0.717, 1.165) is 0 Å². The average molecular weight is 117 g/mol. The van der Waals surface area contributed by atoms with E-state index in [9.17, 15) is 0 Å². The van der Waals surface area contributed by atoms with Gasteiger partial charge in [0, 0.05) is 21.5 Å². The van der Waals surface area contributed by atoms with E-state index in [-0.39, 0.29) is 0 Å². The highest BCUT2D eigenvalue weighted by molar-refractivity contribution is 4.88. The summed E-state index contributed by atoms with van der Waals surface area (Å²) in [7, 11) is 0. The highest BCUT2D eigenvalue weighted by Crippen LogP contribution is 1.73. The van der Waals surface area contributed by atoms with Crippen molar-refractivity contribution >= 4 is 0 Å². The summed E-state index contributed by atoms with van der Waals surface area (Å²) in [6.07, 6.45) is 3.50. The van der Waals surface area contributed by atoms with E-state index in [1.165, 1.54) is 0 Å². The summed E-state index contributed by atoms with van der Waals surface area (Å²) >= 11 is 0. The number of pyridine rings is 1. The number of hydrogen-bond acceptors (Lipinski definition) is 1. The highest BCUT2D eigenvalue weighted by Gasteiger charge is 1.58. The summed E-state index contributed by atoms with van der Waals surface area (Å²) in [6, 6.07) is 5.72. The zero-order valence-electron chi connectivity index (χ0n) is 4.09. The van der Waals surface area contributed by atoms with Crippen molar-refractivity contribution in [2.24, 2.45) is 0 Å². The van der Waals surface area contributed by atoms with Crippen LogP contribution < -0.4 is 0 Å². The fourth-order valence-electron chi connectivity index (χ4n) is 0.313. The minimum Gasteiger partial charge on any atom is -0.265 e. The van der Waals surface area contributed by atoms with Gasteiger partial charge in [0.05, 0.1) is 0 Å². The van der Waals surface area contributed by atoms with Crippen LogP contribution in [0.5, 0.6) is 0 Å². The molecular formula is C5H5F2N. The predicted molar refractivity (Wildman–Crippen MR) is 26.5 cm³/mol. The minimum atomic E-state index is 1.75. The molecule has 0 radical (unpaired) electrons. The van der Waals surface area contributed by atoms with Crippen LogP contribution in [-0.2, 0) is 0 Å². The molecule has 44 valence electrons. The number of halogens is 2. The molecule has 1 aromatic rings. The molecule has 0 aliphatic carbocycles. The molecule has 0 unspecified atom stereocenters. The Morgan fingerprint density at radius 3 is 1.50 bits per heavy atom. The van der Waals surface area contributed by atoms with Crippen molar-refractivity contribution in [3.05, 3.63) is 30.6 Å². The van der Waals surface area contributed by atoms with E-state index in [4.69, 9.17) is 9.15 Å². The van der Waals surface area contributed by atoms with Crippen LogP contribution in [0.3, 0.4) is 0 Å². The van der Waals surface area contributed by atoms with E-state index >= 15 is 0 Å². The lowest BCUT2D eigenvalue weighted by atomic mass is 10.5. The van der Waals surface area contributed by atoms with Crippen molar-refractivity contribution in [2.75, 3.05) is 0 Å². The van der Waals surface area contributed by atoms with E-state index in [0.29, 0.717) is 0 Å². The van der Waals surface area contributed by atoms with E-state index in [1.54, 1.807) is 12.4 Å². The smallest absolute Gasteiger partial charge is 0.0267 e. The quantitative estimate of drug-likeness (QED) is 0.505. The molecule has 0 atom stereocenters. The van der Waals surface area contributed by atoms with E-state index in [1.807, 2.05) is 18.2 Å². The van der Waals surface area contributed by atoms with Crippen molar-refractivity contribution in [3.8, 4) is 0 Å². The molecule has 8 heavy (non-hydrogen) atoms. The second-order valence-electron chi connectivity index (χ2n) is 1.02. The van der Waals surface area contributed by atoms with Crippen LogP contribution in [0.2, 0.25) is 0 Å². The lowest BCUT2D eigenvalue weighted by Gasteiger charge is -1.70. The molecule has 0 fully saturated rings. The Kier molecular flexibility index (Phi) is 5.27. The van der Waals surface area contributed by atoms with Gasteiger partial charge in [0.2, 0.25) is 0 Å². The Morgan fingerprint density at radius 1 is 0.875 bits per heavy atom. The molecule has 0 aliphatic rings. The van der Waals surface area contributed by atoms with Crippen LogP contribution in [0, 0.1) is 0 Å². The third kappa shape index (κ3) is 3.21. The largest absolute Gasteiger partial charge is 0.265 e. The summed E-state index contributed by atoms with van der Waals surface area (Å²) in [5.74, 6) is 0. The van der Waals surface area contributed by atoms with E-state index < -0.39 is 0 Å². The molecule has 1 heterocycles. The molecule has 0 aromatic carbocycles. The Balaban J connectivity index is 0.000000222. The molecular weight excluding hydrogens is 112 g/mol. The summed E-state index contributed by atoms with van der Waals surface area (Å²) in [5, 5.41) is 0. The van der Waals surface area contributed by atoms with Crippen LogP contribution in [0.4, 0.5) is 9.15 Å². The summed E-state index contributed by atoms with van der Waals surface area (Å²) < 4.78 is 16.0. The summed E-state index contributed by atoms with van der Waals surface area (Å²) in [6.45, 7) is 0. The summed E-state index contributed by atoms with van der Waals surface area (Å²) in [5.41, 5.74) is 0.